The van der Waals surface area contributed by atoms with E-state index in [4.69, 9.17) is 0 Å². The van der Waals surface area contributed by atoms with Gasteiger partial charge in [0, 0.05) is 9.89 Å². The van der Waals surface area contributed by atoms with Gasteiger partial charge in [-0.25, -0.2) is 0 Å². The zero-order valence-electron chi connectivity index (χ0n) is 16.8. The molecule has 0 nitrogen and oxygen atoms in total. The van der Waals surface area contributed by atoms with Gasteiger partial charge in [0.15, 0.2) is 0 Å². The summed E-state index contributed by atoms with van der Waals surface area (Å²) < 4.78 is 1.16. The normalized spacial score (nSPS) is 18.0. The first kappa shape index (κ1) is 18.2. The second-order valence-corrected chi connectivity index (χ2v) is 9.92. The number of hydrogen-bond acceptors (Lipinski definition) is 0. The van der Waals surface area contributed by atoms with Crippen LogP contribution in [0.25, 0.3) is 22.3 Å². The highest BCUT2D eigenvalue weighted by Gasteiger charge is 2.36. The smallest absolute Gasteiger partial charge is 0.0178 e. The highest BCUT2D eigenvalue weighted by molar-refractivity contribution is 9.10. The Balaban J connectivity index is 1.60. The van der Waals surface area contributed by atoms with Gasteiger partial charge in [-0.15, -0.1) is 0 Å². The maximum Gasteiger partial charge on any atom is 0.0178 e. The van der Waals surface area contributed by atoms with Crippen LogP contribution in [0.15, 0.2) is 65.1 Å². The lowest BCUT2D eigenvalue weighted by Crippen LogP contribution is -2.14. The van der Waals surface area contributed by atoms with E-state index in [9.17, 15) is 0 Å². The molecule has 0 unspecified atom stereocenters. The summed E-state index contributed by atoms with van der Waals surface area (Å²) in [6.45, 7) is 4.69. The number of fused-ring (bicyclic) bond motifs is 3. The summed E-state index contributed by atoms with van der Waals surface area (Å²) in [5, 5.41) is 0. The maximum atomic E-state index is 3.67. The summed E-state index contributed by atoms with van der Waals surface area (Å²) in [6.07, 6.45) is 6.91. The number of halogens is 1. The third kappa shape index (κ3) is 2.87. The molecule has 2 aliphatic rings. The van der Waals surface area contributed by atoms with Crippen LogP contribution in [0.1, 0.15) is 68.6 Å². The summed E-state index contributed by atoms with van der Waals surface area (Å²) >= 11 is 3.67. The fourth-order valence-electron chi connectivity index (χ4n) is 5.37. The lowest BCUT2D eigenvalue weighted by molar-refractivity contribution is 0.443. The van der Waals surface area contributed by atoms with Crippen molar-refractivity contribution in [2.45, 2.75) is 57.3 Å². The predicted molar refractivity (Wildman–Crippen MR) is 123 cm³/mol. The molecular formula is C27H27Br. The van der Waals surface area contributed by atoms with Crippen LogP contribution in [0.5, 0.6) is 0 Å². The molecule has 142 valence electrons. The standard InChI is InChI=1S/C27H27Br/c1-27(2)24-10-6-9-22(26(24)23-16-15-21(28)17-25(23)27)20-13-11-19(12-14-20)18-7-4-3-5-8-18/h6,9-18H,3-5,7-8H2,1-2H3. The zero-order valence-corrected chi connectivity index (χ0v) is 18.4. The van der Waals surface area contributed by atoms with Gasteiger partial charge in [-0.05, 0) is 69.8 Å². The van der Waals surface area contributed by atoms with Crippen LogP contribution in [0.3, 0.4) is 0 Å². The number of rotatable bonds is 2. The Hall–Kier alpha value is -1.86. The molecule has 0 spiro atoms. The summed E-state index contributed by atoms with van der Waals surface area (Å²) in [4.78, 5) is 0. The lowest BCUT2D eigenvalue weighted by Gasteiger charge is -2.22. The Bertz CT molecular complexity index is 1020. The second-order valence-electron chi connectivity index (χ2n) is 9.00. The molecule has 0 aromatic heterocycles. The summed E-state index contributed by atoms with van der Waals surface area (Å²) in [6, 6.07) is 23.1. The minimum atomic E-state index is 0.0342. The molecule has 5 rings (SSSR count). The van der Waals surface area contributed by atoms with Crippen molar-refractivity contribution >= 4 is 15.9 Å². The summed E-state index contributed by atoms with van der Waals surface area (Å²) in [7, 11) is 0. The van der Waals surface area contributed by atoms with Crippen LogP contribution in [0.4, 0.5) is 0 Å². The molecule has 0 heterocycles. The van der Waals surface area contributed by atoms with Crippen LogP contribution in [0, 0.1) is 0 Å². The van der Waals surface area contributed by atoms with Gasteiger partial charge in [0.1, 0.15) is 0 Å². The zero-order chi connectivity index (χ0) is 19.3. The Morgan fingerprint density at radius 2 is 1.54 bits per heavy atom. The third-order valence-corrected chi connectivity index (χ3v) is 7.45. The molecule has 0 aliphatic heterocycles. The Kier molecular flexibility index (Phi) is 4.47. The van der Waals surface area contributed by atoms with Gasteiger partial charge in [-0.1, -0.05) is 97.6 Å². The van der Waals surface area contributed by atoms with Gasteiger partial charge in [-0.2, -0.15) is 0 Å². The van der Waals surface area contributed by atoms with Gasteiger partial charge in [-0.3, -0.25) is 0 Å². The molecule has 3 aromatic rings. The summed E-state index contributed by atoms with van der Waals surface area (Å²) in [5.74, 6) is 0.765. The fraction of sp³-hybridized carbons (Fsp3) is 0.333. The predicted octanol–water partition coefficient (Wildman–Crippen LogP) is 8.47. The van der Waals surface area contributed by atoms with Crippen molar-refractivity contribution in [3.8, 4) is 22.3 Å². The lowest BCUT2D eigenvalue weighted by atomic mass is 9.81. The van der Waals surface area contributed by atoms with E-state index < -0.39 is 0 Å². The van der Waals surface area contributed by atoms with E-state index in [0.29, 0.717) is 0 Å². The molecule has 1 saturated carbocycles. The van der Waals surface area contributed by atoms with Crippen molar-refractivity contribution in [3.63, 3.8) is 0 Å². The Labute approximate surface area is 177 Å². The average Bonchev–Trinajstić information content (AvgIpc) is 2.96. The van der Waals surface area contributed by atoms with Crippen LogP contribution in [0.2, 0.25) is 0 Å². The third-order valence-electron chi connectivity index (χ3n) is 6.96. The highest BCUT2D eigenvalue weighted by atomic mass is 79.9. The van der Waals surface area contributed by atoms with Crippen LogP contribution < -0.4 is 0 Å². The molecule has 1 heteroatoms. The molecule has 0 N–H and O–H groups in total. The molecule has 28 heavy (non-hydrogen) atoms. The van der Waals surface area contributed by atoms with Crippen molar-refractivity contribution in [2.24, 2.45) is 0 Å². The Morgan fingerprint density at radius 1 is 0.786 bits per heavy atom. The summed E-state index contributed by atoms with van der Waals surface area (Å²) in [5.41, 5.74) is 9.92. The monoisotopic (exact) mass is 430 g/mol. The van der Waals surface area contributed by atoms with Gasteiger partial charge in [0.05, 0.1) is 0 Å². The van der Waals surface area contributed by atoms with Gasteiger partial charge >= 0.3 is 0 Å². The molecule has 0 amide bonds. The minimum absolute atomic E-state index is 0.0342. The van der Waals surface area contributed by atoms with Crippen LogP contribution >= 0.6 is 15.9 Å². The fourth-order valence-corrected chi connectivity index (χ4v) is 5.73. The van der Waals surface area contributed by atoms with E-state index in [-0.39, 0.29) is 5.41 Å². The topological polar surface area (TPSA) is 0 Å². The minimum Gasteiger partial charge on any atom is -0.0613 e. The first-order valence-electron chi connectivity index (χ1n) is 10.6. The van der Waals surface area contributed by atoms with Crippen molar-refractivity contribution in [3.05, 3.63) is 81.8 Å². The maximum absolute atomic E-state index is 3.67. The first-order valence-corrected chi connectivity index (χ1v) is 11.4. The molecule has 0 bridgehead atoms. The van der Waals surface area contributed by atoms with Crippen LogP contribution in [-0.4, -0.2) is 0 Å². The van der Waals surface area contributed by atoms with E-state index >= 15 is 0 Å². The molecule has 0 atom stereocenters. The second kappa shape index (κ2) is 6.88. The molecular weight excluding hydrogens is 404 g/mol. The molecule has 0 radical (unpaired) electrons. The molecule has 0 saturated heterocycles. The van der Waals surface area contributed by atoms with E-state index in [0.717, 1.165) is 10.4 Å². The largest absolute Gasteiger partial charge is 0.0613 e. The SMILES string of the molecule is CC1(C)c2cc(Br)ccc2-c2c(-c3ccc(C4CCCCC4)cc3)cccc21. The highest BCUT2D eigenvalue weighted by Crippen LogP contribution is 2.52. The number of hydrogen-bond donors (Lipinski definition) is 0. The van der Waals surface area contributed by atoms with Crippen molar-refractivity contribution in [1.29, 1.82) is 0 Å². The van der Waals surface area contributed by atoms with E-state index in [2.05, 4.69) is 90.4 Å². The molecule has 2 aliphatic carbocycles. The van der Waals surface area contributed by atoms with Crippen molar-refractivity contribution in [2.75, 3.05) is 0 Å². The van der Waals surface area contributed by atoms with Crippen molar-refractivity contribution in [1.82, 2.24) is 0 Å². The van der Waals surface area contributed by atoms with E-state index in [1.165, 1.54) is 71.0 Å². The van der Waals surface area contributed by atoms with Gasteiger partial charge < -0.3 is 0 Å². The van der Waals surface area contributed by atoms with Crippen LogP contribution in [-0.2, 0) is 5.41 Å². The van der Waals surface area contributed by atoms with Gasteiger partial charge in [0.2, 0.25) is 0 Å². The van der Waals surface area contributed by atoms with E-state index in [1.54, 1.807) is 0 Å². The molecule has 1 fully saturated rings. The van der Waals surface area contributed by atoms with Crippen molar-refractivity contribution < 1.29 is 0 Å². The van der Waals surface area contributed by atoms with E-state index in [1.807, 2.05) is 0 Å². The molecule has 3 aromatic carbocycles. The Morgan fingerprint density at radius 3 is 2.29 bits per heavy atom. The number of benzene rings is 3. The average molecular weight is 431 g/mol. The quantitative estimate of drug-likeness (QED) is 0.382. The first-order chi connectivity index (χ1) is 13.6. The van der Waals surface area contributed by atoms with Gasteiger partial charge in [0.25, 0.3) is 0 Å².